The molecule has 0 fully saturated rings. The molecule has 31 heavy (non-hydrogen) atoms. The maximum atomic E-state index is 12.8. The molecule has 0 spiro atoms. The average Bonchev–Trinajstić information content (AvgIpc) is 2.80. The molecule has 0 aliphatic carbocycles. The number of hydrogen-bond donors (Lipinski definition) is 1. The molecule has 3 aromatic carbocycles. The number of nitriles is 1. The Kier molecular flexibility index (Phi) is 5.96. The fourth-order valence-electron chi connectivity index (χ4n) is 3.42. The van der Waals surface area contributed by atoms with Crippen LogP contribution in [0.2, 0.25) is 5.02 Å². The van der Waals surface area contributed by atoms with E-state index in [2.05, 4.69) is 11.4 Å². The van der Waals surface area contributed by atoms with Crippen LogP contribution < -0.4 is 19.5 Å². The summed E-state index contributed by atoms with van der Waals surface area (Å²) in [5, 5.41) is 12.9. The van der Waals surface area contributed by atoms with Gasteiger partial charge in [0.2, 0.25) is 5.75 Å². The van der Waals surface area contributed by atoms with Crippen molar-refractivity contribution in [3.8, 4) is 23.3 Å². The molecule has 1 aliphatic heterocycles. The van der Waals surface area contributed by atoms with Crippen molar-refractivity contribution in [1.29, 1.82) is 5.26 Å². The molecule has 4 rings (SSSR count). The van der Waals surface area contributed by atoms with Crippen LogP contribution in [0.25, 0.3) is 0 Å². The number of hydrogen-bond acceptors (Lipinski definition) is 5. The number of carbonyl (C=O) groups excluding carboxylic acids is 1. The quantitative estimate of drug-likeness (QED) is 0.609. The van der Waals surface area contributed by atoms with Gasteiger partial charge in [-0.25, -0.2) is 0 Å². The number of amides is 1. The summed E-state index contributed by atoms with van der Waals surface area (Å²) in [6.07, 6.45) is 0. The molecule has 156 valence electrons. The lowest BCUT2D eigenvalue weighted by Gasteiger charge is -2.21. The first-order valence-corrected chi connectivity index (χ1v) is 10.0. The van der Waals surface area contributed by atoms with Gasteiger partial charge in [0, 0.05) is 16.3 Å². The fraction of sp³-hybridized carbons (Fsp3) is 0.167. The predicted octanol–water partition coefficient (Wildman–Crippen LogP) is 5.03. The largest absolute Gasteiger partial charge is 0.493 e. The van der Waals surface area contributed by atoms with E-state index in [4.69, 9.17) is 25.8 Å². The van der Waals surface area contributed by atoms with Crippen molar-refractivity contribution in [2.24, 2.45) is 0 Å². The number of carbonyl (C=O) groups is 1. The van der Waals surface area contributed by atoms with Crippen LogP contribution in [0, 0.1) is 11.3 Å². The molecular formula is C24H19ClN2O4. The van der Waals surface area contributed by atoms with Crippen molar-refractivity contribution in [2.45, 2.75) is 5.92 Å². The second kappa shape index (κ2) is 8.99. The number of nitrogens with zero attached hydrogens (tertiary/aromatic N) is 1. The summed E-state index contributed by atoms with van der Waals surface area (Å²) in [5.41, 5.74) is 2.40. The third kappa shape index (κ3) is 4.27. The molecule has 6 nitrogen and oxygen atoms in total. The highest BCUT2D eigenvalue weighted by atomic mass is 35.5. The molecule has 0 saturated carbocycles. The van der Waals surface area contributed by atoms with Crippen molar-refractivity contribution in [2.75, 3.05) is 25.6 Å². The molecule has 7 heteroatoms. The van der Waals surface area contributed by atoms with Gasteiger partial charge in [-0.3, -0.25) is 4.79 Å². The van der Waals surface area contributed by atoms with Gasteiger partial charge >= 0.3 is 0 Å². The maximum absolute atomic E-state index is 12.8. The molecule has 1 heterocycles. The Bertz CT molecular complexity index is 1140. The Labute approximate surface area is 184 Å². The average molecular weight is 435 g/mol. The SMILES string of the molecule is COc1cc(C(=O)Nc2ccc(C(C#N)c3ccccc3)c(Cl)c2)cc2c1OCCO2. The lowest BCUT2D eigenvalue weighted by molar-refractivity contribution is 0.102. The van der Waals surface area contributed by atoms with Gasteiger partial charge in [0.1, 0.15) is 13.2 Å². The summed E-state index contributed by atoms with van der Waals surface area (Å²) in [7, 11) is 1.51. The zero-order valence-corrected chi connectivity index (χ0v) is 17.5. The number of nitrogens with one attached hydrogen (secondary N) is 1. The standard InChI is InChI=1S/C24H19ClN2O4/c1-29-21-11-16(12-22-23(21)31-10-9-30-22)24(28)27-17-7-8-18(20(25)13-17)19(14-26)15-5-3-2-4-6-15/h2-8,11-13,19H,9-10H2,1H3,(H,27,28). The molecule has 0 saturated heterocycles. The Balaban J connectivity index is 1.57. The molecule has 0 aromatic heterocycles. The second-order valence-corrected chi connectivity index (χ2v) is 7.27. The van der Waals surface area contributed by atoms with E-state index in [0.717, 1.165) is 5.56 Å². The minimum atomic E-state index is -0.500. The van der Waals surface area contributed by atoms with Crippen LogP contribution >= 0.6 is 11.6 Å². The second-order valence-electron chi connectivity index (χ2n) is 6.87. The first-order valence-electron chi connectivity index (χ1n) is 9.63. The summed E-state index contributed by atoms with van der Waals surface area (Å²) in [6.45, 7) is 0.826. The van der Waals surface area contributed by atoms with Gasteiger partial charge < -0.3 is 19.5 Å². The highest BCUT2D eigenvalue weighted by Gasteiger charge is 2.22. The highest BCUT2D eigenvalue weighted by molar-refractivity contribution is 6.32. The molecule has 1 amide bonds. The van der Waals surface area contributed by atoms with Crippen molar-refractivity contribution in [3.05, 3.63) is 82.4 Å². The van der Waals surface area contributed by atoms with Crippen molar-refractivity contribution in [1.82, 2.24) is 0 Å². The topological polar surface area (TPSA) is 80.6 Å². The molecular weight excluding hydrogens is 416 g/mol. The summed E-state index contributed by atoms with van der Waals surface area (Å²) in [5.74, 6) is 0.528. The zero-order chi connectivity index (χ0) is 21.8. The van der Waals surface area contributed by atoms with Crippen LogP contribution in [0.3, 0.4) is 0 Å². The van der Waals surface area contributed by atoms with Gasteiger partial charge in [-0.1, -0.05) is 48.0 Å². The van der Waals surface area contributed by atoms with Gasteiger partial charge in [0.15, 0.2) is 11.5 Å². The third-order valence-corrected chi connectivity index (χ3v) is 5.25. The van der Waals surface area contributed by atoms with Gasteiger partial charge in [-0.2, -0.15) is 5.26 Å². The van der Waals surface area contributed by atoms with Crippen LogP contribution in [0.1, 0.15) is 27.4 Å². The van der Waals surface area contributed by atoms with Crippen molar-refractivity contribution in [3.63, 3.8) is 0 Å². The minimum Gasteiger partial charge on any atom is -0.493 e. The van der Waals surface area contributed by atoms with Gasteiger partial charge in [-0.05, 0) is 35.4 Å². The molecule has 1 unspecified atom stereocenters. The predicted molar refractivity (Wildman–Crippen MR) is 117 cm³/mol. The van der Waals surface area contributed by atoms with E-state index in [1.807, 2.05) is 30.3 Å². The smallest absolute Gasteiger partial charge is 0.255 e. The number of fused-ring (bicyclic) bond motifs is 1. The van der Waals surface area contributed by atoms with E-state index >= 15 is 0 Å². The lowest BCUT2D eigenvalue weighted by Crippen LogP contribution is -2.18. The number of anilines is 1. The van der Waals surface area contributed by atoms with Gasteiger partial charge in [-0.15, -0.1) is 0 Å². The Hall–Kier alpha value is -3.69. The van der Waals surface area contributed by atoms with E-state index in [1.54, 1.807) is 30.3 Å². The first-order chi connectivity index (χ1) is 15.1. The normalized spacial score (nSPS) is 13.1. The third-order valence-electron chi connectivity index (χ3n) is 4.92. The Morgan fingerprint density at radius 1 is 1.13 bits per heavy atom. The number of ether oxygens (including phenoxy) is 3. The van der Waals surface area contributed by atoms with Gasteiger partial charge in [0.05, 0.1) is 19.1 Å². The van der Waals surface area contributed by atoms with Crippen LogP contribution in [0.5, 0.6) is 17.2 Å². The fourth-order valence-corrected chi connectivity index (χ4v) is 3.71. The van der Waals surface area contributed by atoms with E-state index < -0.39 is 5.92 Å². The highest BCUT2D eigenvalue weighted by Crippen LogP contribution is 2.40. The summed E-state index contributed by atoms with van der Waals surface area (Å²) in [4.78, 5) is 12.8. The molecule has 1 aliphatic rings. The summed E-state index contributed by atoms with van der Waals surface area (Å²) >= 11 is 6.47. The Morgan fingerprint density at radius 2 is 1.90 bits per heavy atom. The number of methoxy groups -OCH3 is 1. The molecule has 3 aromatic rings. The van der Waals surface area contributed by atoms with Crippen LogP contribution in [0.4, 0.5) is 5.69 Å². The first kappa shape index (κ1) is 20.6. The van der Waals surface area contributed by atoms with E-state index in [-0.39, 0.29) is 5.91 Å². The van der Waals surface area contributed by atoms with Gasteiger partial charge in [0.25, 0.3) is 5.91 Å². The summed E-state index contributed by atoms with van der Waals surface area (Å²) < 4.78 is 16.5. The number of rotatable bonds is 5. The zero-order valence-electron chi connectivity index (χ0n) is 16.7. The lowest BCUT2D eigenvalue weighted by atomic mass is 9.92. The minimum absolute atomic E-state index is 0.348. The summed E-state index contributed by atoms with van der Waals surface area (Å²) in [6, 6.07) is 20.0. The molecule has 1 N–H and O–H groups in total. The van der Waals surface area contributed by atoms with Crippen LogP contribution in [-0.2, 0) is 0 Å². The number of halogens is 1. The molecule has 0 radical (unpaired) electrons. The van der Waals surface area contributed by atoms with Crippen LogP contribution in [-0.4, -0.2) is 26.2 Å². The van der Waals surface area contributed by atoms with E-state index in [0.29, 0.717) is 52.3 Å². The monoisotopic (exact) mass is 434 g/mol. The maximum Gasteiger partial charge on any atom is 0.255 e. The Morgan fingerprint density at radius 3 is 2.61 bits per heavy atom. The van der Waals surface area contributed by atoms with Crippen molar-refractivity contribution < 1.29 is 19.0 Å². The number of benzene rings is 3. The van der Waals surface area contributed by atoms with E-state index in [1.165, 1.54) is 7.11 Å². The van der Waals surface area contributed by atoms with Crippen molar-refractivity contribution >= 4 is 23.2 Å². The van der Waals surface area contributed by atoms with Crippen LogP contribution in [0.15, 0.2) is 60.7 Å². The molecule has 1 atom stereocenters. The van der Waals surface area contributed by atoms with E-state index in [9.17, 15) is 10.1 Å². The molecule has 0 bridgehead atoms.